The smallest absolute Gasteiger partial charge is 0.194 e. The molecular weight excluding hydrogens is 434 g/mol. The van der Waals surface area contributed by atoms with Gasteiger partial charge in [-0.15, -0.1) is 0 Å². The number of aliphatic hydroxyl groups is 1. The summed E-state index contributed by atoms with van der Waals surface area (Å²) in [6.07, 6.45) is -0.385. The number of rotatable bonds is 10. The van der Waals surface area contributed by atoms with Gasteiger partial charge in [0.2, 0.25) is 0 Å². The van der Waals surface area contributed by atoms with Crippen LogP contribution in [0.1, 0.15) is 19.4 Å². The van der Waals surface area contributed by atoms with Gasteiger partial charge in [-0.05, 0) is 62.7 Å². The van der Waals surface area contributed by atoms with Gasteiger partial charge in [0.25, 0.3) is 0 Å². The molecule has 0 radical (unpaired) electrons. The van der Waals surface area contributed by atoms with Crippen LogP contribution in [0.15, 0.2) is 51.5 Å². The Hall–Kier alpha value is -2.29. The quantitative estimate of drug-likeness (QED) is 0.394. The number of benzene rings is 2. The molecule has 2 unspecified atom stereocenters. The number of thioether (sulfide) groups is 1. The standard InChI is InChI=1S/C25H38N5O2S/c1-8-29(16-20(31)17-30(5,6)7)19-10-12-22(18(3)14-19)26-27-25-28(4)23-13-11-21(32-9-2)15-24(23)33-25/h10-15,20,25,31H,8-9,16-17H2,1-7H3/q+1. The van der Waals surface area contributed by atoms with Gasteiger partial charge in [0.1, 0.15) is 18.4 Å². The predicted molar refractivity (Wildman–Crippen MR) is 138 cm³/mol. The molecule has 1 heterocycles. The maximum absolute atomic E-state index is 10.5. The number of aliphatic hydroxyl groups excluding tert-OH is 1. The lowest BCUT2D eigenvalue weighted by atomic mass is 10.1. The van der Waals surface area contributed by atoms with Gasteiger partial charge >= 0.3 is 0 Å². The number of anilines is 2. The van der Waals surface area contributed by atoms with E-state index in [1.807, 2.05) is 26.1 Å². The highest BCUT2D eigenvalue weighted by Gasteiger charge is 2.27. The average molecular weight is 473 g/mol. The van der Waals surface area contributed by atoms with E-state index in [2.05, 4.69) is 79.3 Å². The SMILES string of the molecule is CCOc1ccc2c(c1)SC(N=Nc1ccc(N(CC)CC(O)C[N+](C)(C)C)cc1C)N2C. The molecule has 0 saturated heterocycles. The molecule has 0 amide bonds. The minimum atomic E-state index is -0.385. The van der Waals surface area contributed by atoms with E-state index < -0.39 is 0 Å². The Morgan fingerprint density at radius 3 is 2.58 bits per heavy atom. The fraction of sp³-hybridized carbons (Fsp3) is 0.520. The van der Waals surface area contributed by atoms with Crippen molar-refractivity contribution >= 4 is 28.8 Å². The van der Waals surface area contributed by atoms with Crippen molar-refractivity contribution in [2.24, 2.45) is 10.2 Å². The van der Waals surface area contributed by atoms with Gasteiger partial charge in [0.15, 0.2) is 5.50 Å². The van der Waals surface area contributed by atoms with Crippen molar-refractivity contribution in [3.05, 3.63) is 42.0 Å². The van der Waals surface area contributed by atoms with Crippen molar-refractivity contribution in [1.29, 1.82) is 0 Å². The van der Waals surface area contributed by atoms with Gasteiger partial charge < -0.3 is 24.1 Å². The summed E-state index contributed by atoms with van der Waals surface area (Å²) in [5.74, 6) is 0.883. The molecule has 180 valence electrons. The first kappa shape index (κ1) is 25.3. The van der Waals surface area contributed by atoms with E-state index in [1.54, 1.807) is 11.8 Å². The molecular formula is C25H38N5O2S+. The molecule has 0 aliphatic carbocycles. The first-order valence-electron chi connectivity index (χ1n) is 11.5. The Kier molecular flexibility index (Phi) is 8.26. The maximum Gasteiger partial charge on any atom is 0.194 e. The molecule has 8 heteroatoms. The number of quaternary nitrogens is 1. The molecule has 0 saturated carbocycles. The molecule has 0 fully saturated rings. The molecule has 2 atom stereocenters. The Morgan fingerprint density at radius 1 is 1.18 bits per heavy atom. The summed E-state index contributed by atoms with van der Waals surface area (Å²) in [6, 6.07) is 12.4. The lowest BCUT2D eigenvalue weighted by Gasteiger charge is -2.31. The second kappa shape index (κ2) is 10.8. The lowest BCUT2D eigenvalue weighted by molar-refractivity contribution is -0.873. The van der Waals surface area contributed by atoms with Crippen LogP contribution in [-0.4, -0.2) is 75.6 Å². The lowest BCUT2D eigenvalue weighted by Crippen LogP contribution is -2.46. The molecule has 1 aliphatic heterocycles. The van der Waals surface area contributed by atoms with Gasteiger partial charge in [-0.25, -0.2) is 0 Å². The second-order valence-electron chi connectivity index (χ2n) is 9.47. The third-order valence-corrected chi connectivity index (χ3v) is 6.77. The van der Waals surface area contributed by atoms with E-state index in [0.29, 0.717) is 19.7 Å². The van der Waals surface area contributed by atoms with E-state index in [4.69, 9.17) is 4.74 Å². The van der Waals surface area contributed by atoms with Crippen molar-refractivity contribution < 1.29 is 14.3 Å². The molecule has 33 heavy (non-hydrogen) atoms. The second-order valence-corrected chi connectivity index (χ2v) is 10.6. The predicted octanol–water partition coefficient (Wildman–Crippen LogP) is 4.90. The third kappa shape index (κ3) is 6.62. The topological polar surface area (TPSA) is 60.7 Å². The molecule has 2 aromatic rings. The fourth-order valence-corrected chi connectivity index (χ4v) is 5.08. The zero-order chi connectivity index (χ0) is 24.2. The average Bonchev–Trinajstić information content (AvgIpc) is 3.05. The van der Waals surface area contributed by atoms with Crippen LogP contribution >= 0.6 is 11.8 Å². The number of nitrogens with zero attached hydrogens (tertiary/aromatic N) is 5. The summed E-state index contributed by atoms with van der Waals surface area (Å²) in [4.78, 5) is 5.50. The number of fused-ring (bicyclic) bond motifs is 1. The molecule has 0 bridgehead atoms. The zero-order valence-electron chi connectivity index (χ0n) is 20.9. The minimum Gasteiger partial charge on any atom is -0.494 e. The van der Waals surface area contributed by atoms with Crippen molar-refractivity contribution in [1.82, 2.24) is 0 Å². The number of hydrogen-bond acceptors (Lipinski definition) is 7. The molecule has 1 aliphatic rings. The number of ether oxygens (including phenoxy) is 1. The van der Waals surface area contributed by atoms with E-state index in [-0.39, 0.29) is 11.6 Å². The van der Waals surface area contributed by atoms with Crippen molar-refractivity contribution in [3.8, 4) is 5.75 Å². The first-order chi connectivity index (χ1) is 15.6. The van der Waals surface area contributed by atoms with Crippen molar-refractivity contribution in [3.63, 3.8) is 0 Å². The van der Waals surface area contributed by atoms with Gasteiger partial charge in [-0.2, -0.15) is 10.2 Å². The van der Waals surface area contributed by atoms with Gasteiger partial charge in [0.05, 0.1) is 39.1 Å². The molecule has 0 aromatic heterocycles. The number of likely N-dealkylation sites (N-methyl/N-ethyl adjacent to an activating group) is 2. The summed E-state index contributed by atoms with van der Waals surface area (Å²) in [5.41, 5.74) is 4.07. The Balaban J connectivity index is 1.68. The van der Waals surface area contributed by atoms with E-state index in [9.17, 15) is 5.11 Å². The van der Waals surface area contributed by atoms with E-state index >= 15 is 0 Å². The summed E-state index contributed by atoms with van der Waals surface area (Å²) in [5, 5.41) is 19.7. The fourth-order valence-electron chi connectivity index (χ4n) is 3.97. The Labute approximate surface area is 202 Å². The summed E-state index contributed by atoms with van der Waals surface area (Å²) >= 11 is 1.68. The number of azo groups is 1. The van der Waals surface area contributed by atoms with E-state index in [1.165, 1.54) is 0 Å². The van der Waals surface area contributed by atoms with E-state index in [0.717, 1.165) is 44.3 Å². The largest absolute Gasteiger partial charge is 0.494 e. The van der Waals surface area contributed by atoms with Crippen LogP contribution in [0.4, 0.5) is 17.1 Å². The van der Waals surface area contributed by atoms with Gasteiger partial charge in [0, 0.05) is 30.7 Å². The van der Waals surface area contributed by atoms with Crippen molar-refractivity contribution in [2.45, 2.75) is 37.3 Å². The molecule has 1 N–H and O–H groups in total. The summed E-state index contributed by atoms with van der Waals surface area (Å²) in [6.45, 7) is 8.97. The normalized spacial score (nSPS) is 16.8. The Morgan fingerprint density at radius 2 is 1.94 bits per heavy atom. The van der Waals surface area contributed by atoms with Crippen LogP contribution in [0.5, 0.6) is 5.75 Å². The van der Waals surface area contributed by atoms with Crippen LogP contribution < -0.4 is 14.5 Å². The molecule has 0 spiro atoms. The van der Waals surface area contributed by atoms with Gasteiger partial charge in [-0.1, -0.05) is 11.8 Å². The van der Waals surface area contributed by atoms with Crippen molar-refractivity contribution in [2.75, 3.05) is 64.2 Å². The Bertz CT molecular complexity index is 976. The van der Waals surface area contributed by atoms with Crippen LogP contribution in [0.3, 0.4) is 0 Å². The highest BCUT2D eigenvalue weighted by molar-refractivity contribution is 8.00. The maximum atomic E-state index is 10.5. The van der Waals surface area contributed by atoms with Crippen LogP contribution in [0.2, 0.25) is 0 Å². The molecule has 3 rings (SSSR count). The molecule has 7 nitrogen and oxygen atoms in total. The number of aryl methyl sites for hydroxylation is 1. The van der Waals surface area contributed by atoms with Crippen LogP contribution in [0, 0.1) is 6.92 Å². The first-order valence-corrected chi connectivity index (χ1v) is 12.4. The van der Waals surface area contributed by atoms with Crippen LogP contribution in [-0.2, 0) is 0 Å². The van der Waals surface area contributed by atoms with Gasteiger partial charge in [-0.3, -0.25) is 0 Å². The van der Waals surface area contributed by atoms with Crippen LogP contribution in [0.25, 0.3) is 0 Å². The monoisotopic (exact) mass is 472 g/mol. The zero-order valence-corrected chi connectivity index (χ0v) is 21.8. The summed E-state index contributed by atoms with van der Waals surface area (Å²) < 4.78 is 6.37. The third-order valence-electron chi connectivity index (χ3n) is 5.57. The minimum absolute atomic E-state index is 0.103. The summed E-state index contributed by atoms with van der Waals surface area (Å²) in [7, 11) is 8.33. The highest BCUT2D eigenvalue weighted by atomic mass is 32.2. The molecule has 2 aromatic carbocycles. The highest BCUT2D eigenvalue weighted by Crippen LogP contribution is 2.45. The number of hydrogen-bond donors (Lipinski definition) is 1.